The smallest absolute Gasteiger partial charge is 0.314 e. The molecule has 1 atom stereocenters. The summed E-state index contributed by atoms with van der Waals surface area (Å²) >= 11 is 0. The Bertz CT molecular complexity index is 657. The number of hydrogen-bond donors (Lipinski definition) is 2. The molecule has 138 valence electrons. The highest BCUT2D eigenvalue weighted by molar-refractivity contribution is 5.73. The minimum Gasteiger partial charge on any atom is -0.379 e. The predicted octanol–water partition coefficient (Wildman–Crippen LogP) is 2.60. The number of benzene rings is 2. The first-order valence-electron chi connectivity index (χ1n) is 9.25. The van der Waals surface area contributed by atoms with Crippen LogP contribution in [0.15, 0.2) is 60.7 Å². The molecular weight excluding hydrogens is 326 g/mol. The maximum absolute atomic E-state index is 12.2. The zero-order valence-electron chi connectivity index (χ0n) is 15.1. The van der Waals surface area contributed by atoms with Crippen molar-refractivity contribution >= 4 is 6.03 Å². The monoisotopic (exact) mass is 353 g/mol. The molecule has 1 heterocycles. The molecule has 2 amide bonds. The fourth-order valence-corrected chi connectivity index (χ4v) is 3.24. The predicted molar refractivity (Wildman–Crippen MR) is 103 cm³/mol. The molecule has 5 nitrogen and oxygen atoms in total. The average Bonchev–Trinajstić information content (AvgIpc) is 2.71. The second-order valence-electron chi connectivity index (χ2n) is 6.45. The quantitative estimate of drug-likeness (QED) is 0.804. The molecule has 0 radical (unpaired) electrons. The van der Waals surface area contributed by atoms with E-state index in [2.05, 4.69) is 39.8 Å². The number of ether oxygens (including phenoxy) is 1. The normalized spacial score (nSPS) is 16.0. The molecule has 2 N–H and O–H groups in total. The van der Waals surface area contributed by atoms with E-state index in [0.717, 1.165) is 32.7 Å². The van der Waals surface area contributed by atoms with Gasteiger partial charge in [-0.2, -0.15) is 0 Å². The maximum atomic E-state index is 12.2. The van der Waals surface area contributed by atoms with Crippen LogP contribution in [0.25, 0.3) is 0 Å². The van der Waals surface area contributed by atoms with Crippen LogP contribution in [-0.4, -0.2) is 50.3 Å². The van der Waals surface area contributed by atoms with Crippen molar-refractivity contribution in [2.24, 2.45) is 0 Å². The van der Waals surface area contributed by atoms with Crippen LogP contribution in [0.4, 0.5) is 4.79 Å². The molecule has 0 bridgehead atoms. The second kappa shape index (κ2) is 9.94. The number of nitrogens with zero attached hydrogens (tertiary/aromatic N) is 1. The van der Waals surface area contributed by atoms with E-state index in [1.807, 2.05) is 36.4 Å². The Morgan fingerprint density at radius 2 is 1.62 bits per heavy atom. The van der Waals surface area contributed by atoms with Gasteiger partial charge in [0.2, 0.25) is 0 Å². The molecule has 0 aliphatic carbocycles. The van der Waals surface area contributed by atoms with Gasteiger partial charge in [-0.05, 0) is 17.5 Å². The zero-order valence-corrected chi connectivity index (χ0v) is 15.1. The summed E-state index contributed by atoms with van der Waals surface area (Å²) in [6, 6.07) is 20.6. The lowest BCUT2D eigenvalue weighted by atomic mass is 10.0. The highest BCUT2D eigenvalue weighted by Crippen LogP contribution is 2.20. The summed E-state index contributed by atoms with van der Waals surface area (Å²) in [5, 5.41) is 5.98. The van der Waals surface area contributed by atoms with Gasteiger partial charge in [0, 0.05) is 26.2 Å². The highest BCUT2D eigenvalue weighted by Gasteiger charge is 2.22. The van der Waals surface area contributed by atoms with E-state index in [4.69, 9.17) is 4.74 Å². The minimum atomic E-state index is -0.116. The number of morpholine rings is 1. The van der Waals surface area contributed by atoms with Crippen molar-refractivity contribution in [2.45, 2.75) is 12.5 Å². The number of nitrogens with one attached hydrogen (secondary N) is 2. The van der Waals surface area contributed by atoms with Crippen molar-refractivity contribution in [3.05, 3.63) is 71.8 Å². The Morgan fingerprint density at radius 3 is 2.31 bits per heavy atom. The summed E-state index contributed by atoms with van der Waals surface area (Å²) in [5.74, 6) is 0. The first-order chi connectivity index (χ1) is 12.8. The van der Waals surface area contributed by atoms with E-state index in [9.17, 15) is 4.79 Å². The van der Waals surface area contributed by atoms with Crippen molar-refractivity contribution in [1.82, 2.24) is 15.5 Å². The zero-order chi connectivity index (χ0) is 18.0. The third-order valence-corrected chi connectivity index (χ3v) is 4.67. The molecule has 1 saturated heterocycles. The Balaban J connectivity index is 1.49. The van der Waals surface area contributed by atoms with Crippen molar-refractivity contribution in [3.63, 3.8) is 0 Å². The van der Waals surface area contributed by atoms with E-state index >= 15 is 0 Å². The van der Waals surface area contributed by atoms with Crippen molar-refractivity contribution < 1.29 is 9.53 Å². The summed E-state index contributed by atoms with van der Waals surface area (Å²) in [6.45, 7) is 4.47. The minimum absolute atomic E-state index is 0.116. The van der Waals surface area contributed by atoms with Gasteiger partial charge < -0.3 is 15.4 Å². The molecular formula is C21H27N3O2. The Kier molecular flexibility index (Phi) is 7.05. The number of carbonyl (C=O) groups is 1. The van der Waals surface area contributed by atoms with Gasteiger partial charge in [-0.3, -0.25) is 4.90 Å². The van der Waals surface area contributed by atoms with Crippen molar-refractivity contribution in [3.8, 4) is 0 Å². The molecule has 0 saturated carbocycles. The van der Waals surface area contributed by atoms with Gasteiger partial charge in [-0.25, -0.2) is 4.79 Å². The molecule has 2 aromatic carbocycles. The van der Waals surface area contributed by atoms with Gasteiger partial charge >= 0.3 is 6.03 Å². The number of carbonyl (C=O) groups excluding carboxylic acids is 1. The summed E-state index contributed by atoms with van der Waals surface area (Å²) in [6.07, 6.45) is 0.833. The Hall–Kier alpha value is -2.37. The van der Waals surface area contributed by atoms with Crippen LogP contribution in [0, 0.1) is 0 Å². The van der Waals surface area contributed by atoms with Crippen LogP contribution < -0.4 is 10.6 Å². The van der Waals surface area contributed by atoms with Gasteiger partial charge in [-0.1, -0.05) is 60.7 Å². The molecule has 1 aliphatic rings. The van der Waals surface area contributed by atoms with E-state index in [0.29, 0.717) is 13.1 Å². The topological polar surface area (TPSA) is 53.6 Å². The summed E-state index contributed by atoms with van der Waals surface area (Å²) in [7, 11) is 0. The third kappa shape index (κ3) is 5.58. The SMILES string of the molecule is O=C(NCCc1ccccc1)NCC(c1ccccc1)N1CCOCC1. The van der Waals surface area contributed by atoms with Gasteiger partial charge in [0.15, 0.2) is 0 Å². The average molecular weight is 353 g/mol. The number of amides is 2. The van der Waals surface area contributed by atoms with Crippen LogP contribution in [-0.2, 0) is 11.2 Å². The van der Waals surface area contributed by atoms with E-state index in [-0.39, 0.29) is 12.1 Å². The largest absolute Gasteiger partial charge is 0.379 e. The molecule has 2 aromatic rings. The summed E-state index contributed by atoms with van der Waals surface area (Å²) in [4.78, 5) is 14.6. The number of hydrogen-bond acceptors (Lipinski definition) is 3. The van der Waals surface area contributed by atoms with Crippen molar-refractivity contribution in [1.29, 1.82) is 0 Å². The Morgan fingerprint density at radius 1 is 0.962 bits per heavy atom. The second-order valence-corrected chi connectivity index (χ2v) is 6.45. The van der Waals surface area contributed by atoms with Crippen LogP contribution >= 0.6 is 0 Å². The van der Waals surface area contributed by atoms with Crippen LogP contribution in [0.5, 0.6) is 0 Å². The van der Waals surface area contributed by atoms with E-state index in [1.54, 1.807) is 0 Å². The lowest BCUT2D eigenvalue weighted by molar-refractivity contribution is 0.0167. The molecule has 1 unspecified atom stereocenters. The number of urea groups is 1. The maximum Gasteiger partial charge on any atom is 0.314 e. The first-order valence-corrected chi connectivity index (χ1v) is 9.25. The standard InChI is InChI=1S/C21H27N3O2/c25-21(22-12-11-18-7-3-1-4-8-18)23-17-20(19-9-5-2-6-10-19)24-13-15-26-16-14-24/h1-10,20H,11-17H2,(H2,22,23,25). The molecule has 0 spiro atoms. The van der Waals surface area contributed by atoms with Gasteiger partial charge in [0.1, 0.15) is 0 Å². The number of rotatable bonds is 7. The molecule has 26 heavy (non-hydrogen) atoms. The van der Waals surface area contributed by atoms with Gasteiger partial charge in [0.25, 0.3) is 0 Å². The van der Waals surface area contributed by atoms with Crippen LogP contribution in [0.1, 0.15) is 17.2 Å². The highest BCUT2D eigenvalue weighted by atomic mass is 16.5. The lowest BCUT2D eigenvalue weighted by Crippen LogP contribution is -2.46. The van der Waals surface area contributed by atoms with Crippen LogP contribution in [0.3, 0.4) is 0 Å². The van der Waals surface area contributed by atoms with E-state index < -0.39 is 0 Å². The molecule has 5 heteroatoms. The summed E-state index contributed by atoms with van der Waals surface area (Å²) in [5.41, 5.74) is 2.45. The van der Waals surface area contributed by atoms with Crippen molar-refractivity contribution in [2.75, 3.05) is 39.4 Å². The van der Waals surface area contributed by atoms with Gasteiger partial charge in [0.05, 0.1) is 19.3 Å². The molecule has 1 aliphatic heterocycles. The lowest BCUT2D eigenvalue weighted by Gasteiger charge is -2.34. The fourth-order valence-electron chi connectivity index (χ4n) is 3.24. The first kappa shape index (κ1) is 18.4. The Labute approximate surface area is 155 Å². The summed E-state index contributed by atoms with van der Waals surface area (Å²) < 4.78 is 5.47. The van der Waals surface area contributed by atoms with E-state index in [1.165, 1.54) is 11.1 Å². The van der Waals surface area contributed by atoms with Crippen LogP contribution in [0.2, 0.25) is 0 Å². The third-order valence-electron chi connectivity index (χ3n) is 4.67. The molecule has 0 aromatic heterocycles. The fraction of sp³-hybridized carbons (Fsp3) is 0.381. The van der Waals surface area contributed by atoms with Gasteiger partial charge in [-0.15, -0.1) is 0 Å². The molecule has 1 fully saturated rings. The molecule has 3 rings (SSSR count).